The van der Waals surface area contributed by atoms with Crippen molar-refractivity contribution in [3.05, 3.63) is 29.6 Å². The minimum Gasteiger partial charge on any atom is -0.484 e. The summed E-state index contributed by atoms with van der Waals surface area (Å²) in [6.07, 6.45) is 0.801. The molecule has 4 heteroatoms. The Morgan fingerprint density at radius 1 is 1.38 bits per heavy atom. The van der Waals surface area contributed by atoms with E-state index in [0.29, 0.717) is 11.3 Å². The van der Waals surface area contributed by atoms with Crippen molar-refractivity contribution in [2.75, 3.05) is 13.1 Å². The van der Waals surface area contributed by atoms with E-state index < -0.39 is 11.7 Å². The molecule has 1 aromatic carbocycles. The van der Waals surface area contributed by atoms with E-state index in [4.69, 9.17) is 4.74 Å². The zero-order valence-corrected chi connectivity index (χ0v) is 8.87. The highest BCUT2D eigenvalue weighted by molar-refractivity contribution is 5.42. The lowest BCUT2D eigenvalue weighted by Crippen LogP contribution is -2.47. The van der Waals surface area contributed by atoms with Crippen LogP contribution in [0.5, 0.6) is 5.75 Å². The first-order valence-electron chi connectivity index (χ1n) is 5.59. The van der Waals surface area contributed by atoms with Gasteiger partial charge in [-0.25, -0.2) is 4.39 Å². The van der Waals surface area contributed by atoms with Gasteiger partial charge in [-0.15, -0.1) is 0 Å². The molecule has 1 spiro atoms. The molecule has 3 rings (SSSR count). The molecule has 1 saturated heterocycles. The van der Waals surface area contributed by atoms with E-state index in [9.17, 15) is 9.50 Å². The highest BCUT2D eigenvalue weighted by Gasteiger charge is 2.48. The smallest absolute Gasteiger partial charge is 0.141 e. The number of nitrogens with one attached hydrogen (secondary N) is 1. The van der Waals surface area contributed by atoms with Gasteiger partial charge < -0.3 is 15.2 Å². The Morgan fingerprint density at radius 3 is 2.88 bits per heavy atom. The molecule has 16 heavy (non-hydrogen) atoms. The van der Waals surface area contributed by atoms with E-state index in [-0.39, 0.29) is 5.82 Å². The molecule has 0 amide bonds. The lowest BCUT2D eigenvalue weighted by atomic mass is 9.85. The molecule has 2 N–H and O–H groups in total. The van der Waals surface area contributed by atoms with Crippen molar-refractivity contribution in [3.63, 3.8) is 0 Å². The first kappa shape index (κ1) is 10.1. The molecule has 1 atom stereocenters. The fraction of sp³-hybridized carbons (Fsp3) is 0.500. The Kier molecular flexibility index (Phi) is 2.16. The van der Waals surface area contributed by atoms with Gasteiger partial charge in [-0.1, -0.05) is 0 Å². The van der Waals surface area contributed by atoms with Crippen molar-refractivity contribution in [2.45, 2.75) is 24.5 Å². The van der Waals surface area contributed by atoms with Crippen molar-refractivity contribution in [3.8, 4) is 5.75 Å². The van der Waals surface area contributed by atoms with Crippen LogP contribution < -0.4 is 10.1 Å². The Balaban J connectivity index is 1.99. The maximum absolute atomic E-state index is 13.1. The van der Waals surface area contributed by atoms with E-state index in [0.717, 1.165) is 25.9 Å². The number of rotatable bonds is 0. The van der Waals surface area contributed by atoms with Crippen molar-refractivity contribution < 1.29 is 14.2 Å². The minimum atomic E-state index is -0.708. The summed E-state index contributed by atoms with van der Waals surface area (Å²) in [6, 6.07) is 4.34. The maximum atomic E-state index is 13.1. The monoisotopic (exact) mass is 223 g/mol. The third kappa shape index (κ3) is 1.33. The summed E-state index contributed by atoms with van der Waals surface area (Å²) >= 11 is 0. The van der Waals surface area contributed by atoms with Crippen LogP contribution in [0.2, 0.25) is 0 Å². The number of halogens is 1. The molecule has 0 radical (unpaired) electrons. The number of benzene rings is 1. The highest BCUT2D eigenvalue weighted by atomic mass is 19.1. The minimum absolute atomic E-state index is 0.326. The molecular weight excluding hydrogens is 209 g/mol. The Labute approximate surface area is 93.2 Å². The number of hydrogen-bond acceptors (Lipinski definition) is 3. The number of hydrogen-bond donors (Lipinski definition) is 2. The second-order valence-corrected chi connectivity index (χ2v) is 4.50. The summed E-state index contributed by atoms with van der Waals surface area (Å²) in [6.45, 7) is 1.65. The van der Waals surface area contributed by atoms with Crippen molar-refractivity contribution in [2.24, 2.45) is 0 Å². The van der Waals surface area contributed by atoms with Gasteiger partial charge in [0.05, 0.1) is 0 Å². The van der Waals surface area contributed by atoms with E-state index in [1.165, 1.54) is 12.1 Å². The van der Waals surface area contributed by atoms with Gasteiger partial charge in [0, 0.05) is 18.4 Å². The molecule has 1 aromatic rings. The third-order valence-electron chi connectivity index (χ3n) is 3.53. The molecule has 3 nitrogen and oxygen atoms in total. The predicted octanol–water partition coefficient (Wildman–Crippen LogP) is 1.37. The molecule has 2 aliphatic heterocycles. The third-order valence-corrected chi connectivity index (χ3v) is 3.53. The first-order chi connectivity index (χ1) is 7.71. The van der Waals surface area contributed by atoms with Gasteiger partial charge in [-0.3, -0.25) is 0 Å². The largest absolute Gasteiger partial charge is 0.484 e. The standard InChI is InChI=1S/C12H14FNO2/c13-8-1-2-10-9(7-8)11(15)12(16-10)3-5-14-6-4-12/h1-2,7,11,14-15H,3-6H2. The average molecular weight is 223 g/mol. The van der Waals surface area contributed by atoms with E-state index in [1.807, 2.05) is 0 Å². The van der Waals surface area contributed by atoms with Crippen LogP contribution in [0, 0.1) is 5.82 Å². The van der Waals surface area contributed by atoms with Crippen LogP contribution in [0.15, 0.2) is 18.2 Å². The molecule has 0 aromatic heterocycles. The van der Waals surface area contributed by atoms with Gasteiger partial charge in [0.1, 0.15) is 23.3 Å². The van der Waals surface area contributed by atoms with Crippen LogP contribution in [0.1, 0.15) is 24.5 Å². The molecule has 1 fully saturated rings. The number of aliphatic hydroxyl groups excluding tert-OH is 1. The summed E-state index contributed by atoms with van der Waals surface area (Å²) < 4.78 is 19.0. The summed E-state index contributed by atoms with van der Waals surface area (Å²) in [7, 11) is 0. The zero-order chi connectivity index (χ0) is 11.2. The first-order valence-corrected chi connectivity index (χ1v) is 5.59. The molecular formula is C12H14FNO2. The summed E-state index contributed by atoms with van der Waals surface area (Å²) in [5.41, 5.74) is 0.0448. The van der Waals surface area contributed by atoms with Crippen LogP contribution in [0.4, 0.5) is 4.39 Å². The highest BCUT2D eigenvalue weighted by Crippen LogP contribution is 2.47. The van der Waals surface area contributed by atoms with Gasteiger partial charge in [0.25, 0.3) is 0 Å². The quantitative estimate of drug-likeness (QED) is 0.698. The average Bonchev–Trinajstić information content (AvgIpc) is 2.55. The molecule has 86 valence electrons. The Morgan fingerprint density at radius 2 is 2.12 bits per heavy atom. The number of aliphatic hydroxyl groups is 1. The Hall–Kier alpha value is -1.13. The lowest BCUT2D eigenvalue weighted by molar-refractivity contribution is -0.0484. The maximum Gasteiger partial charge on any atom is 0.141 e. The molecule has 0 aliphatic carbocycles. The fourth-order valence-corrected chi connectivity index (χ4v) is 2.61. The molecule has 0 saturated carbocycles. The number of fused-ring (bicyclic) bond motifs is 1. The normalized spacial score (nSPS) is 26.5. The van der Waals surface area contributed by atoms with E-state index in [2.05, 4.69) is 5.32 Å². The Bertz CT molecular complexity index is 415. The van der Waals surface area contributed by atoms with E-state index >= 15 is 0 Å². The van der Waals surface area contributed by atoms with Gasteiger partial charge in [0.2, 0.25) is 0 Å². The van der Waals surface area contributed by atoms with Gasteiger partial charge >= 0.3 is 0 Å². The van der Waals surface area contributed by atoms with Crippen LogP contribution in [0.25, 0.3) is 0 Å². The van der Waals surface area contributed by atoms with Crippen molar-refractivity contribution in [1.29, 1.82) is 0 Å². The van der Waals surface area contributed by atoms with Crippen LogP contribution in [-0.4, -0.2) is 23.8 Å². The van der Waals surface area contributed by atoms with Gasteiger partial charge in [-0.2, -0.15) is 0 Å². The summed E-state index contributed by atoms with van der Waals surface area (Å²) in [5, 5.41) is 13.5. The van der Waals surface area contributed by atoms with Crippen LogP contribution >= 0.6 is 0 Å². The van der Waals surface area contributed by atoms with Gasteiger partial charge in [-0.05, 0) is 31.3 Å². The fourth-order valence-electron chi connectivity index (χ4n) is 2.61. The second kappa shape index (κ2) is 3.43. The lowest BCUT2D eigenvalue weighted by Gasteiger charge is -2.35. The SMILES string of the molecule is OC1c2cc(F)ccc2OC12CCNCC2. The van der Waals surface area contributed by atoms with Crippen molar-refractivity contribution >= 4 is 0 Å². The summed E-state index contributed by atoms with van der Waals surface area (Å²) in [4.78, 5) is 0. The second-order valence-electron chi connectivity index (χ2n) is 4.50. The topological polar surface area (TPSA) is 41.5 Å². The van der Waals surface area contributed by atoms with Crippen molar-refractivity contribution in [1.82, 2.24) is 5.32 Å². The molecule has 2 aliphatic rings. The number of piperidine rings is 1. The predicted molar refractivity (Wildman–Crippen MR) is 56.8 cm³/mol. The zero-order valence-electron chi connectivity index (χ0n) is 8.87. The van der Waals surface area contributed by atoms with Crippen LogP contribution in [0.3, 0.4) is 0 Å². The molecule has 2 heterocycles. The molecule has 1 unspecified atom stereocenters. The van der Waals surface area contributed by atoms with Crippen LogP contribution in [-0.2, 0) is 0 Å². The molecule has 0 bridgehead atoms. The van der Waals surface area contributed by atoms with E-state index in [1.54, 1.807) is 6.07 Å². The number of ether oxygens (including phenoxy) is 1. The summed E-state index contributed by atoms with van der Waals surface area (Å²) in [5.74, 6) is 0.295. The van der Waals surface area contributed by atoms with Gasteiger partial charge in [0.15, 0.2) is 0 Å².